The minimum absolute atomic E-state index is 0. The zero-order chi connectivity index (χ0) is 18.5. The molecule has 0 atom stereocenters. The second-order valence-electron chi connectivity index (χ2n) is 5.09. The molecule has 0 spiro atoms. The summed E-state index contributed by atoms with van der Waals surface area (Å²) in [6.45, 7) is 4.31. The topological polar surface area (TPSA) is 57.5 Å². The van der Waals surface area contributed by atoms with Crippen LogP contribution in [-0.4, -0.2) is 19.3 Å². The molecular weight excluding hydrogens is 439 g/mol. The zero-order valence-corrected chi connectivity index (χ0v) is 19.3. The molecule has 0 heterocycles. The summed E-state index contributed by atoms with van der Waals surface area (Å²) >= 11 is 0. The van der Waals surface area contributed by atoms with Crippen molar-refractivity contribution in [3.63, 3.8) is 0 Å². The first kappa shape index (κ1) is 24.9. The predicted molar refractivity (Wildman–Crippen MR) is 110 cm³/mol. The standard InChI is InChI=1S/2C9H7.C2H6Si.H3O3P.Zr/c2*1-2-5-9-7-3-6-8(9)4-1;1-3-2;1-4(2)3;/h2*1-7H;1-2H3;4H,(H2,1,2,3);/q2*-1;;;+2. The molecule has 3 nitrogen and oxygen atoms in total. The Balaban J connectivity index is 0.000000350. The van der Waals surface area contributed by atoms with Crippen molar-refractivity contribution < 1.29 is 40.6 Å². The molecule has 2 N–H and O–H groups in total. The van der Waals surface area contributed by atoms with Gasteiger partial charge in [-0.05, 0) is 0 Å². The number of hydrogen-bond acceptors (Lipinski definition) is 1. The van der Waals surface area contributed by atoms with E-state index in [9.17, 15) is 0 Å². The van der Waals surface area contributed by atoms with Crippen molar-refractivity contribution in [2.45, 2.75) is 13.1 Å². The normalized spacial score (nSPS) is 9.12. The summed E-state index contributed by atoms with van der Waals surface area (Å²) in [7, 11) is -2.05. The third-order valence-electron chi connectivity index (χ3n) is 3.10. The number of benzene rings is 2. The molecule has 6 heteroatoms. The molecule has 0 unspecified atom stereocenters. The van der Waals surface area contributed by atoms with E-state index in [0.29, 0.717) is 0 Å². The SMILES string of the molecule is C[Si]C.O=[PH](O)O.[Zr+2].c1ccc2[cH-]ccc2c1.c1ccc2[cH-]ccc2c1. The first-order valence-corrected chi connectivity index (χ1v) is 11.1. The molecule has 0 aromatic heterocycles. The fraction of sp³-hybridized carbons (Fsp3) is 0.100. The van der Waals surface area contributed by atoms with Crippen molar-refractivity contribution >= 4 is 39.3 Å². The largest absolute Gasteiger partial charge is 2.00 e. The number of fused-ring (bicyclic) bond motifs is 2. The van der Waals surface area contributed by atoms with Crippen LogP contribution in [0.15, 0.2) is 84.9 Å². The van der Waals surface area contributed by atoms with E-state index in [1.54, 1.807) is 0 Å². The van der Waals surface area contributed by atoms with Crippen molar-refractivity contribution in [3.8, 4) is 0 Å². The van der Waals surface area contributed by atoms with Gasteiger partial charge in [0.2, 0.25) is 0 Å². The first-order chi connectivity index (χ1) is 12.1. The summed E-state index contributed by atoms with van der Waals surface area (Å²) < 4.78 is 8.74. The number of hydrogen-bond donors (Lipinski definition) is 2. The Morgan fingerprint density at radius 2 is 1.08 bits per heavy atom. The monoisotopic (exact) mass is 460 g/mol. The van der Waals surface area contributed by atoms with Crippen LogP contribution in [0.25, 0.3) is 21.5 Å². The van der Waals surface area contributed by atoms with Gasteiger partial charge in [-0.1, -0.05) is 25.2 Å². The van der Waals surface area contributed by atoms with Gasteiger partial charge in [-0.15, -0.1) is 59.3 Å². The zero-order valence-electron chi connectivity index (χ0n) is 14.9. The Bertz CT molecular complexity index is 743. The van der Waals surface area contributed by atoms with Crippen LogP contribution < -0.4 is 0 Å². The van der Waals surface area contributed by atoms with Crippen LogP contribution in [0.5, 0.6) is 0 Å². The average Bonchev–Trinajstić information content (AvgIpc) is 3.24. The Morgan fingerprint density at radius 1 is 0.769 bits per heavy atom. The molecular formula is C20H23O3PSiZr. The van der Waals surface area contributed by atoms with E-state index < -0.39 is 8.25 Å². The van der Waals surface area contributed by atoms with E-state index in [4.69, 9.17) is 14.4 Å². The van der Waals surface area contributed by atoms with E-state index in [-0.39, 0.29) is 26.2 Å². The van der Waals surface area contributed by atoms with Crippen molar-refractivity contribution in [2.75, 3.05) is 0 Å². The Kier molecular flexibility index (Phi) is 14.4. The van der Waals surface area contributed by atoms with Crippen molar-refractivity contribution in [2.24, 2.45) is 0 Å². The van der Waals surface area contributed by atoms with E-state index in [2.05, 4.69) is 98.0 Å². The van der Waals surface area contributed by atoms with Crippen LogP contribution in [-0.2, 0) is 30.8 Å². The molecule has 26 heavy (non-hydrogen) atoms. The third kappa shape index (κ3) is 10.2. The first-order valence-electron chi connectivity index (χ1n) is 7.79. The second kappa shape index (κ2) is 15.0. The molecule has 0 aliphatic rings. The fourth-order valence-corrected chi connectivity index (χ4v) is 2.14. The maximum atomic E-state index is 8.74. The van der Waals surface area contributed by atoms with Crippen LogP contribution in [0.4, 0.5) is 0 Å². The summed E-state index contributed by atoms with van der Waals surface area (Å²) in [5.41, 5.74) is 0. The van der Waals surface area contributed by atoms with Gasteiger partial charge in [-0.25, -0.2) is 0 Å². The molecule has 2 radical (unpaired) electrons. The van der Waals surface area contributed by atoms with Crippen LogP contribution in [0.1, 0.15) is 0 Å². The van der Waals surface area contributed by atoms with Crippen molar-refractivity contribution in [1.82, 2.24) is 0 Å². The van der Waals surface area contributed by atoms with Gasteiger partial charge in [-0.2, -0.15) is 35.0 Å². The molecule has 4 rings (SSSR count). The van der Waals surface area contributed by atoms with Crippen LogP contribution in [0.3, 0.4) is 0 Å². The number of rotatable bonds is 0. The summed E-state index contributed by atoms with van der Waals surface area (Å²) in [6, 6.07) is 29.3. The minimum atomic E-state index is -3.13. The Morgan fingerprint density at radius 3 is 1.38 bits per heavy atom. The Labute approximate surface area is 177 Å². The Hall–Kier alpha value is -1.09. The van der Waals surface area contributed by atoms with Gasteiger partial charge < -0.3 is 9.79 Å². The molecule has 4 aromatic carbocycles. The molecule has 0 saturated carbocycles. The van der Waals surface area contributed by atoms with Gasteiger partial charge in [0.05, 0.1) is 0 Å². The van der Waals surface area contributed by atoms with E-state index in [1.165, 1.54) is 21.5 Å². The van der Waals surface area contributed by atoms with E-state index in [1.807, 2.05) is 0 Å². The molecule has 0 amide bonds. The van der Waals surface area contributed by atoms with Gasteiger partial charge >= 0.3 is 34.5 Å². The maximum absolute atomic E-state index is 8.74. The van der Waals surface area contributed by atoms with Crippen LogP contribution >= 0.6 is 8.25 Å². The quantitative estimate of drug-likeness (QED) is 0.213. The average molecular weight is 462 g/mol. The summed E-state index contributed by atoms with van der Waals surface area (Å²) in [5, 5.41) is 5.32. The molecule has 4 aromatic rings. The molecule has 0 aliphatic heterocycles. The molecule has 0 bridgehead atoms. The molecule has 0 saturated heterocycles. The van der Waals surface area contributed by atoms with Gasteiger partial charge in [-0.3, -0.25) is 4.57 Å². The summed E-state index contributed by atoms with van der Waals surface area (Å²) in [5.74, 6) is 0. The minimum Gasteiger partial charge on any atom is -0.326 e. The van der Waals surface area contributed by atoms with Crippen molar-refractivity contribution in [1.29, 1.82) is 0 Å². The van der Waals surface area contributed by atoms with E-state index in [0.717, 1.165) is 9.52 Å². The van der Waals surface area contributed by atoms with Gasteiger partial charge in [0, 0.05) is 9.52 Å². The van der Waals surface area contributed by atoms with Crippen molar-refractivity contribution in [3.05, 3.63) is 84.9 Å². The second-order valence-corrected chi connectivity index (χ2v) is 6.66. The smallest absolute Gasteiger partial charge is 0.326 e. The third-order valence-corrected chi connectivity index (χ3v) is 3.10. The van der Waals surface area contributed by atoms with Crippen LogP contribution in [0.2, 0.25) is 13.1 Å². The van der Waals surface area contributed by atoms with Gasteiger partial charge in [0.1, 0.15) is 0 Å². The van der Waals surface area contributed by atoms with E-state index >= 15 is 0 Å². The van der Waals surface area contributed by atoms with Gasteiger partial charge in [0.15, 0.2) is 0 Å². The predicted octanol–water partition coefficient (Wildman–Crippen LogP) is 5.26. The molecule has 134 valence electrons. The molecule has 0 aliphatic carbocycles. The van der Waals surface area contributed by atoms with Crippen LogP contribution in [0, 0.1) is 0 Å². The summed E-state index contributed by atoms with van der Waals surface area (Å²) in [4.78, 5) is 14.3. The summed E-state index contributed by atoms with van der Waals surface area (Å²) in [6.07, 6.45) is 0. The van der Waals surface area contributed by atoms with Gasteiger partial charge in [0.25, 0.3) is 0 Å². The molecule has 0 fully saturated rings. The maximum Gasteiger partial charge on any atom is 2.00 e. The fourth-order valence-electron chi connectivity index (χ4n) is 2.14.